The zero-order valence-corrected chi connectivity index (χ0v) is 7.05. The maximum absolute atomic E-state index is 5.69. The van der Waals surface area contributed by atoms with Gasteiger partial charge in [-0.3, -0.25) is 0 Å². The van der Waals surface area contributed by atoms with Crippen LogP contribution in [0.15, 0.2) is 18.2 Å². The van der Waals surface area contributed by atoms with Gasteiger partial charge in [0, 0.05) is 6.07 Å². The summed E-state index contributed by atoms with van der Waals surface area (Å²) in [6, 6.07) is 11.5. The van der Waals surface area contributed by atoms with Crippen LogP contribution in [-0.2, 0) is 0 Å². The van der Waals surface area contributed by atoms with Crippen LogP contribution in [0.1, 0.15) is 25.7 Å². The lowest BCUT2D eigenvalue weighted by Gasteiger charge is -2.11. The second-order valence-corrected chi connectivity index (χ2v) is 3.18. The Bertz CT molecular complexity index is 224. The molecule has 0 unspecified atom stereocenters. The quantitative estimate of drug-likeness (QED) is 0.646. The Morgan fingerprint density at radius 3 is 2.75 bits per heavy atom. The highest BCUT2D eigenvalue weighted by molar-refractivity contribution is 5.18. The molecule has 0 N–H and O–H groups in total. The standard InChI is InChI=1S/C11H12O/c1-2-6-10(7-3-1)12-11-8-4-5-9-11/h1-2,7,11H,4-5,8-9H2. The van der Waals surface area contributed by atoms with Crippen molar-refractivity contribution in [2.75, 3.05) is 0 Å². The molecule has 1 aliphatic carbocycles. The van der Waals surface area contributed by atoms with Crippen LogP contribution >= 0.6 is 0 Å². The van der Waals surface area contributed by atoms with Crippen molar-refractivity contribution in [2.24, 2.45) is 0 Å². The molecule has 1 saturated carbocycles. The Labute approximate surface area is 73.4 Å². The molecule has 0 atom stereocenters. The maximum Gasteiger partial charge on any atom is 0.128 e. The van der Waals surface area contributed by atoms with Crippen molar-refractivity contribution in [3.8, 4) is 5.75 Å². The number of ether oxygens (including phenoxy) is 1. The van der Waals surface area contributed by atoms with Crippen molar-refractivity contribution in [1.82, 2.24) is 0 Å². The fourth-order valence-electron chi connectivity index (χ4n) is 1.59. The summed E-state index contributed by atoms with van der Waals surface area (Å²) >= 11 is 0. The van der Waals surface area contributed by atoms with Crippen molar-refractivity contribution in [3.63, 3.8) is 0 Å². The molecule has 0 aliphatic heterocycles. The Morgan fingerprint density at radius 1 is 1.25 bits per heavy atom. The summed E-state index contributed by atoms with van der Waals surface area (Å²) in [5.74, 6) is 0.837. The van der Waals surface area contributed by atoms with Crippen molar-refractivity contribution in [1.29, 1.82) is 0 Å². The van der Waals surface area contributed by atoms with E-state index in [4.69, 9.17) is 4.74 Å². The van der Waals surface area contributed by atoms with Crippen LogP contribution < -0.4 is 4.74 Å². The first-order valence-electron chi connectivity index (χ1n) is 4.49. The number of benzene rings is 1. The molecule has 0 bridgehead atoms. The molecule has 0 heterocycles. The van der Waals surface area contributed by atoms with Gasteiger partial charge in [0.2, 0.25) is 0 Å². The Kier molecular flexibility index (Phi) is 2.31. The smallest absolute Gasteiger partial charge is 0.128 e. The van der Waals surface area contributed by atoms with Crippen molar-refractivity contribution >= 4 is 0 Å². The van der Waals surface area contributed by atoms with Crippen molar-refractivity contribution in [2.45, 2.75) is 31.8 Å². The van der Waals surface area contributed by atoms with Crippen molar-refractivity contribution < 1.29 is 4.74 Å². The number of hydrogen-bond acceptors (Lipinski definition) is 1. The van der Waals surface area contributed by atoms with E-state index in [0.717, 1.165) is 5.75 Å². The molecular weight excluding hydrogens is 148 g/mol. The van der Waals surface area contributed by atoms with Gasteiger partial charge in [-0.2, -0.15) is 0 Å². The number of rotatable bonds is 2. The van der Waals surface area contributed by atoms with E-state index in [9.17, 15) is 0 Å². The third-order valence-electron chi connectivity index (χ3n) is 2.22. The Morgan fingerprint density at radius 2 is 2.08 bits per heavy atom. The van der Waals surface area contributed by atoms with E-state index in [2.05, 4.69) is 12.1 Å². The summed E-state index contributed by atoms with van der Waals surface area (Å²) in [6.45, 7) is 0. The van der Waals surface area contributed by atoms with Gasteiger partial charge >= 0.3 is 0 Å². The molecule has 2 rings (SSSR count). The second-order valence-electron chi connectivity index (χ2n) is 3.18. The summed E-state index contributed by atoms with van der Waals surface area (Å²) in [5.41, 5.74) is 0. The lowest BCUT2D eigenvalue weighted by molar-refractivity contribution is 0.209. The molecule has 0 spiro atoms. The minimum absolute atomic E-state index is 0.428. The normalized spacial score (nSPS) is 18.0. The van der Waals surface area contributed by atoms with Gasteiger partial charge in [0.05, 0.1) is 6.10 Å². The monoisotopic (exact) mass is 160 g/mol. The predicted molar refractivity (Wildman–Crippen MR) is 47.0 cm³/mol. The van der Waals surface area contributed by atoms with Gasteiger partial charge in [0.25, 0.3) is 0 Å². The SMILES string of the molecule is [c]1cc[c]c(OC2CCCC2)c1. The molecule has 0 aromatic heterocycles. The number of hydrogen-bond donors (Lipinski definition) is 0. The third-order valence-corrected chi connectivity index (χ3v) is 2.22. The molecule has 1 fully saturated rings. The fourth-order valence-corrected chi connectivity index (χ4v) is 1.59. The molecule has 1 aromatic rings. The molecule has 1 heteroatoms. The minimum Gasteiger partial charge on any atom is -0.490 e. The minimum atomic E-state index is 0.428. The highest BCUT2D eigenvalue weighted by Crippen LogP contribution is 2.23. The first-order valence-corrected chi connectivity index (χ1v) is 4.49. The van der Waals surface area contributed by atoms with Gasteiger partial charge in [0.15, 0.2) is 0 Å². The van der Waals surface area contributed by atoms with Gasteiger partial charge in [-0.05, 0) is 43.9 Å². The average Bonchev–Trinajstić information content (AvgIpc) is 2.59. The largest absolute Gasteiger partial charge is 0.490 e. The Hall–Kier alpha value is -0.980. The van der Waals surface area contributed by atoms with Crippen LogP contribution in [0, 0.1) is 12.1 Å². The van der Waals surface area contributed by atoms with Crippen LogP contribution in [-0.4, -0.2) is 6.10 Å². The highest BCUT2D eigenvalue weighted by atomic mass is 16.5. The van der Waals surface area contributed by atoms with E-state index < -0.39 is 0 Å². The third kappa shape index (κ3) is 1.79. The summed E-state index contributed by atoms with van der Waals surface area (Å²) in [4.78, 5) is 0. The van der Waals surface area contributed by atoms with Crippen LogP contribution in [0.3, 0.4) is 0 Å². The highest BCUT2D eigenvalue weighted by Gasteiger charge is 2.15. The van der Waals surface area contributed by atoms with Gasteiger partial charge in [-0.1, -0.05) is 6.07 Å². The van der Waals surface area contributed by atoms with Crippen LogP contribution in [0.2, 0.25) is 0 Å². The van der Waals surface area contributed by atoms with E-state index in [1.807, 2.05) is 18.2 Å². The van der Waals surface area contributed by atoms with Gasteiger partial charge in [-0.25, -0.2) is 0 Å². The van der Waals surface area contributed by atoms with E-state index >= 15 is 0 Å². The molecule has 0 amide bonds. The van der Waals surface area contributed by atoms with E-state index in [-0.39, 0.29) is 0 Å². The van der Waals surface area contributed by atoms with Gasteiger partial charge in [0.1, 0.15) is 5.75 Å². The van der Waals surface area contributed by atoms with Crippen molar-refractivity contribution in [3.05, 3.63) is 30.3 Å². The second kappa shape index (κ2) is 3.61. The van der Waals surface area contributed by atoms with E-state index in [1.165, 1.54) is 25.7 Å². The summed E-state index contributed by atoms with van der Waals surface area (Å²) in [5, 5.41) is 0. The molecule has 0 saturated heterocycles. The van der Waals surface area contributed by atoms with E-state index in [1.54, 1.807) is 0 Å². The van der Waals surface area contributed by atoms with Crippen LogP contribution in [0.4, 0.5) is 0 Å². The van der Waals surface area contributed by atoms with Crippen LogP contribution in [0.5, 0.6) is 5.75 Å². The summed E-state index contributed by atoms with van der Waals surface area (Å²) in [6.07, 6.45) is 5.44. The first-order chi connectivity index (χ1) is 5.95. The molecule has 1 aromatic carbocycles. The lowest BCUT2D eigenvalue weighted by Crippen LogP contribution is -2.10. The summed E-state index contributed by atoms with van der Waals surface area (Å²) < 4.78 is 5.69. The topological polar surface area (TPSA) is 9.23 Å². The first kappa shape index (κ1) is 7.66. The van der Waals surface area contributed by atoms with Crippen LogP contribution in [0.25, 0.3) is 0 Å². The van der Waals surface area contributed by atoms with E-state index in [0.29, 0.717) is 6.10 Å². The summed E-state index contributed by atoms with van der Waals surface area (Å²) in [7, 11) is 0. The molecule has 2 radical (unpaired) electrons. The zero-order chi connectivity index (χ0) is 8.23. The van der Waals surface area contributed by atoms with Gasteiger partial charge < -0.3 is 4.74 Å². The maximum atomic E-state index is 5.69. The molecule has 12 heavy (non-hydrogen) atoms. The zero-order valence-electron chi connectivity index (χ0n) is 7.05. The average molecular weight is 160 g/mol. The Balaban J connectivity index is 1.94. The van der Waals surface area contributed by atoms with Gasteiger partial charge in [-0.15, -0.1) is 0 Å². The molecule has 62 valence electrons. The molecular formula is C11H12O. The lowest BCUT2D eigenvalue weighted by atomic mass is 10.3. The predicted octanol–water partition coefficient (Wildman–Crippen LogP) is 2.61. The molecule has 1 nitrogen and oxygen atoms in total. The fraction of sp³-hybridized carbons (Fsp3) is 0.455. The molecule has 1 aliphatic rings.